The van der Waals surface area contributed by atoms with Gasteiger partial charge in [0, 0.05) is 47.7 Å². The van der Waals surface area contributed by atoms with Gasteiger partial charge in [-0.15, -0.1) is 0 Å². The second kappa shape index (κ2) is 15.6. The number of thioether (sulfide) groups is 1. The highest BCUT2D eigenvalue weighted by Gasteiger charge is 2.42. The van der Waals surface area contributed by atoms with Gasteiger partial charge in [0.05, 0.1) is 35.8 Å². The summed E-state index contributed by atoms with van der Waals surface area (Å²) in [6, 6.07) is 15.1. The number of nitrogens with zero attached hydrogens (tertiary/aromatic N) is 2. The van der Waals surface area contributed by atoms with Gasteiger partial charge in [-0.1, -0.05) is 36.2 Å². The normalized spacial score (nSPS) is 18.7. The standard InChI is InChI=1S/C33H37ClF2N4O5S2/c1-39(31(41)10-5-4-9-30-32-27(21-46-30)37-33(42)38-32)17-6-18-45-29-8-3-2-7-22(29)20-40(28-19-24(35)13-16-26(28)36)47(43,44)25-14-11-23(34)12-15-25/h2-3,7-8,11-16,19,27,30,32H,4-6,9-10,17-18,20-21H2,1H3,(H2,37,38,42). The Labute approximate surface area is 283 Å². The van der Waals surface area contributed by atoms with Gasteiger partial charge in [-0.3, -0.25) is 9.10 Å². The van der Waals surface area contributed by atoms with Crippen molar-refractivity contribution in [2.75, 3.05) is 30.3 Å². The van der Waals surface area contributed by atoms with Gasteiger partial charge in [0.1, 0.15) is 17.4 Å². The van der Waals surface area contributed by atoms with Crippen LogP contribution in [-0.2, 0) is 21.4 Å². The van der Waals surface area contributed by atoms with Gasteiger partial charge < -0.3 is 20.3 Å². The highest BCUT2D eigenvalue weighted by Crippen LogP contribution is 2.34. The summed E-state index contributed by atoms with van der Waals surface area (Å²) < 4.78 is 63.5. The third-order valence-corrected chi connectivity index (χ3v) is 11.8. The summed E-state index contributed by atoms with van der Waals surface area (Å²) in [5, 5.41) is 6.63. The molecule has 9 nitrogen and oxygen atoms in total. The van der Waals surface area contributed by atoms with Crippen LogP contribution in [0.4, 0.5) is 19.3 Å². The van der Waals surface area contributed by atoms with Crippen LogP contribution in [0.15, 0.2) is 71.6 Å². The number of benzene rings is 3. The summed E-state index contributed by atoms with van der Waals surface area (Å²) >= 11 is 7.81. The number of ether oxygens (including phenoxy) is 1. The molecule has 0 bridgehead atoms. The molecule has 2 aliphatic rings. The molecule has 3 amide bonds. The quantitative estimate of drug-likeness (QED) is 0.149. The van der Waals surface area contributed by atoms with E-state index in [-0.39, 0.29) is 42.1 Å². The van der Waals surface area contributed by atoms with Gasteiger partial charge in [-0.25, -0.2) is 22.0 Å². The van der Waals surface area contributed by atoms with Crippen molar-refractivity contribution in [1.82, 2.24) is 15.5 Å². The first-order valence-electron chi connectivity index (χ1n) is 15.4. The number of anilines is 1. The van der Waals surface area contributed by atoms with Crippen molar-refractivity contribution in [3.05, 3.63) is 89.0 Å². The molecule has 0 radical (unpaired) electrons. The first kappa shape index (κ1) is 34.8. The third-order valence-electron chi connectivity index (χ3n) is 8.25. The summed E-state index contributed by atoms with van der Waals surface area (Å²) in [6.45, 7) is 0.379. The predicted octanol–water partition coefficient (Wildman–Crippen LogP) is 5.97. The van der Waals surface area contributed by atoms with Crippen LogP contribution in [0.5, 0.6) is 5.75 Å². The molecule has 3 aromatic rings. The molecule has 2 heterocycles. The lowest BCUT2D eigenvalue weighted by Gasteiger charge is -2.26. The van der Waals surface area contributed by atoms with Crippen LogP contribution in [0.1, 0.15) is 37.7 Å². The highest BCUT2D eigenvalue weighted by molar-refractivity contribution is 8.00. The van der Waals surface area contributed by atoms with Crippen LogP contribution in [0.2, 0.25) is 5.02 Å². The molecule has 14 heteroatoms. The molecule has 2 fully saturated rings. The topological polar surface area (TPSA) is 108 Å². The molecule has 47 heavy (non-hydrogen) atoms. The summed E-state index contributed by atoms with van der Waals surface area (Å²) in [6.07, 6.45) is 3.58. The number of amides is 3. The monoisotopic (exact) mass is 706 g/mol. The Bertz CT molecular complexity index is 1680. The minimum atomic E-state index is -4.34. The van der Waals surface area contributed by atoms with Gasteiger partial charge in [0.2, 0.25) is 5.91 Å². The van der Waals surface area contributed by atoms with Crippen molar-refractivity contribution in [1.29, 1.82) is 0 Å². The van der Waals surface area contributed by atoms with Crippen molar-refractivity contribution in [2.45, 2.75) is 60.9 Å². The van der Waals surface area contributed by atoms with Gasteiger partial charge >= 0.3 is 6.03 Å². The van der Waals surface area contributed by atoms with Gasteiger partial charge in [-0.05, 0) is 61.7 Å². The van der Waals surface area contributed by atoms with E-state index in [1.807, 2.05) is 11.8 Å². The molecule has 2 saturated heterocycles. The number of carbonyl (C=O) groups excluding carboxylic acids is 2. The van der Waals surface area contributed by atoms with Crippen molar-refractivity contribution in [2.24, 2.45) is 0 Å². The summed E-state index contributed by atoms with van der Waals surface area (Å²) in [7, 11) is -2.59. The number of para-hydroxylation sites is 1. The average Bonchev–Trinajstić information content (AvgIpc) is 3.61. The summed E-state index contributed by atoms with van der Waals surface area (Å²) in [5.41, 5.74) is 0.00113. The van der Waals surface area contributed by atoms with E-state index in [1.54, 1.807) is 36.2 Å². The smallest absolute Gasteiger partial charge is 0.315 e. The molecule has 0 aromatic heterocycles. The van der Waals surface area contributed by atoms with Crippen molar-refractivity contribution in [3.8, 4) is 5.75 Å². The fourth-order valence-corrected chi connectivity index (χ4v) is 8.82. The van der Waals surface area contributed by atoms with E-state index in [9.17, 15) is 26.8 Å². The van der Waals surface area contributed by atoms with Crippen LogP contribution in [0.25, 0.3) is 0 Å². The number of unbranched alkanes of at least 4 members (excludes halogenated alkanes) is 1. The van der Waals surface area contributed by atoms with Crippen molar-refractivity contribution < 1.29 is 31.5 Å². The molecule has 252 valence electrons. The lowest BCUT2D eigenvalue weighted by molar-refractivity contribution is -0.130. The van der Waals surface area contributed by atoms with E-state index in [1.165, 1.54) is 24.3 Å². The van der Waals surface area contributed by atoms with Crippen LogP contribution in [-0.4, -0.2) is 68.5 Å². The average molecular weight is 707 g/mol. The molecule has 0 aliphatic carbocycles. The molecule has 3 atom stereocenters. The highest BCUT2D eigenvalue weighted by atomic mass is 35.5. The number of sulfonamides is 1. The fourth-order valence-electron chi connectivity index (χ4n) is 5.70. The Morgan fingerprint density at radius 2 is 1.81 bits per heavy atom. The number of urea groups is 1. The molecule has 2 N–H and O–H groups in total. The van der Waals surface area contributed by atoms with Crippen LogP contribution in [0, 0.1) is 11.6 Å². The van der Waals surface area contributed by atoms with E-state index in [0.717, 1.165) is 47.5 Å². The Balaban J connectivity index is 1.15. The maximum atomic E-state index is 15.0. The van der Waals surface area contributed by atoms with Gasteiger partial charge in [0.15, 0.2) is 0 Å². The number of rotatable bonds is 15. The second-order valence-corrected chi connectivity index (χ2v) is 15.1. The Morgan fingerprint density at radius 1 is 1.04 bits per heavy atom. The van der Waals surface area contributed by atoms with Crippen molar-refractivity contribution in [3.63, 3.8) is 0 Å². The maximum absolute atomic E-state index is 15.0. The lowest BCUT2D eigenvalue weighted by Crippen LogP contribution is -2.36. The lowest BCUT2D eigenvalue weighted by atomic mass is 10.0. The maximum Gasteiger partial charge on any atom is 0.315 e. The second-order valence-electron chi connectivity index (χ2n) is 11.6. The number of nitrogens with one attached hydrogen (secondary N) is 2. The van der Waals surface area contributed by atoms with Gasteiger partial charge in [0.25, 0.3) is 10.0 Å². The van der Waals surface area contributed by atoms with Gasteiger partial charge in [-0.2, -0.15) is 11.8 Å². The molecular weight excluding hydrogens is 670 g/mol. The zero-order valence-corrected chi connectivity index (χ0v) is 28.2. The fraction of sp³-hybridized carbons (Fsp3) is 0.394. The first-order chi connectivity index (χ1) is 22.5. The molecule has 3 unspecified atom stereocenters. The molecule has 2 aliphatic heterocycles. The van der Waals surface area contributed by atoms with E-state index in [2.05, 4.69) is 10.6 Å². The number of halogens is 3. The molecule has 0 saturated carbocycles. The summed E-state index contributed by atoms with van der Waals surface area (Å²) in [5.74, 6) is -0.355. The van der Waals surface area contributed by atoms with E-state index in [4.69, 9.17) is 16.3 Å². The minimum absolute atomic E-state index is 0.0401. The Hall–Kier alpha value is -3.55. The van der Waals surface area contributed by atoms with Crippen LogP contribution >= 0.6 is 23.4 Å². The SMILES string of the molecule is CN(CCCOc1ccccc1CN(c1cc(F)ccc1F)S(=O)(=O)c1ccc(Cl)cc1)C(=O)CCCCC1SCC2NC(=O)NC21. The van der Waals surface area contributed by atoms with Crippen LogP contribution < -0.4 is 19.7 Å². The number of carbonyl (C=O) groups is 2. The molecule has 5 rings (SSSR count). The zero-order valence-electron chi connectivity index (χ0n) is 25.8. The van der Waals surface area contributed by atoms with E-state index >= 15 is 0 Å². The first-order valence-corrected chi connectivity index (χ1v) is 18.3. The van der Waals surface area contributed by atoms with E-state index < -0.39 is 27.3 Å². The molecule has 0 spiro atoms. The van der Waals surface area contributed by atoms with E-state index in [0.29, 0.717) is 41.0 Å². The Kier molecular flexibility index (Phi) is 11.5. The summed E-state index contributed by atoms with van der Waals surface area (Å²) in [4.78, 5) is 25.8. The molecular formula is C33H37ClF2N4O5S2. The molecule has 3 aromatic carbocycles. The largest absolute Gasteiger partial charge is 0.493 e. The number of hydrogen-bond donors (Lipinski definition) is 2. The minimum Gasteiger partial charge on any atom is -0.493 e. The Morgan fingerprint density at radius 3 is 2.60 bits per heavy atom. The zero-order chi connectivity index (χ0) is 33.6. The van der Waals surface area contributed by atoms with Crippen molar-refractivity contribution >= 4 is 51.0 Å². The number of hydrogen-bond acceptors (Lipinski definition) is 6. The number of fused-ring (bicyclic) bond motifs is 1. The van der Waals surface area contributed by atoms with Crippen LogP contribution in [0.3, 0.4) is 0 Å². The third kappa shape index (κ3) is 8.68. The predicted molar refractivity (Wildman–Crippen MR) is 179 cm³/mol.